The Bertz CT molecular complexity index is 815. The van der Waals surface area contributed by atoms with Gasteiger partial charge in [0.05, 0.1) is 0 Å². The molecular formula is C12H10ClF3N2O3S. The lowest BCUT2D eigenvalue weighted by atomic mass is 10.2. The lowest BCUT2D eigenvalue weighted by Crippen LogP contribution is -2.38. The van der Waals surface area contributed by atoms with Gasteiger partial charge in [-0.25, -0.2) is 8.42 Å². The Morgan fingerprint density at radius 2 is 1.95 bits per heavy atom. The molecule has 0 spiro atoms. The molecule has 1 heterocycles. The van der Waals surface area contributed by atoms with Gasteiger partial charge in [0.25, 0.3) is 5.91 Å². The number of nitrogens with zero attached hydrogens (tertiary/aromatic N) is 1. The van der Waals surface area contributed by atoms with Crippen molar-refractivity contribution in [2.45, 2.75) is 12.7 Å². The second-order valence-electron chi connectivity index (χ2n) is 4.55. The number of nitrogens with one attached hydrogen (secondary N) is 1. The normalized spacial score (nSPS) is 12.5. The Morgan fingerprint density at radius 3 is 2.59 bits per heavy atom. The fourth-order valence-corrected chi connectivity index (χ4v) is 2.99. The van der Waals surface area contributed by atoms with Crippen molar-refractivity contribution in [1.82, 2.24) is 9.29 Å². The Kier molecular flexibility index (Phi) is 4.39. The highest BCUT2D eigenvalue weighted by Crippen LogP contribution is 2.20. The van der Waals surface area contributed by atoms with E-state index in [2.05, 4.69) is 0 Å². The van der Waals surface area contributed by atoms with Crippen molar-refractivity contribution in [2.24, 2.45) is 0 Å². The van der Waals surface area contributed by atoms with E-state index in [1.807, 2.05) is 0 Å². The summed E-state index contributed by atoms with van der Waals surface area (Å²) in [6, 6.07) is 6.58. The van der Waals surface area contributed by atoms with Crippen molar-refractivity contribution in [1.29, 1.82) is 0 Å². The Balaban J connectivity index is 2.13. The number of halogens is 4. The molecule has 0 saturated heterocycles. The van der Waals surface area contributed by atoms with Crippen molar-refractivity contribution in [3.8, 4) is 0 Å². The third kappa shape index (κ3) is 4.38. The van der Waals surface area contributed by atoms with E-state index in [0.717, 1.165) is 5.39 Å². The third-order valence-corrected chi connectivity index (χ3v) is 4.15. The van der Waals surface area contributed by atoms with Crippen molar-refractivity contribution >= 4 is 38.4 Å². The highest BCUT2D eigenvalue weighted by atomic mass is 35.5. The lowest BCUT2D eigenvalue weighted by Gasteiger charge is -2.10. The number of carbonyl (C=O) groups excluding carboxylic acids is 1. The average Bonchev–Trinajstić information content (AvgIpc) is 2.67. The molecule has 0 bridgehead atoms. The fraction of sp³-hybridized carbons (Fsp3) is 0.250. The first kappa shape index (κ1) is 16.6. The Hall–Kier alpha value is -1.74. The standard InChI is InChI=1S/C12H10ClF3N2O3S/c13-9-2-1-8-3-4-18(10(8)5-9)6-11(19)17-22(20,21)7-12(14,15)16/h1-5H,6-7H2,(H,17,19). The van der Waals surface area contributed by atoms with Crippen LogP contribution in [0.1, 0.15) is 0 Å². The highest BCUT2D eigenvalue weighted by Gasteiger charge is 2.35. The number of hydrogen-bond acceptors (Lipinski definition) is 3. The van der Waals surface area contributed by atoms with Crippen LogP contribution < -0.4 is 4.72 Å². The van der Waals surface area contributed by atoms with Gasteiger partial charge in [-0.15, -0.1) is 0 Å². The molecule has 1 aromatic carbocycles. The molecule has 0 radical (unpaired) electrons. The van der Waals surface area contributed by atoms with Crippen LogP contribution in [0.25, 0.3) is 10.9 Å². The third-order valence-electron chi connectivity index (χ3n) is 2.67. The SMILES string of the molecule is O=C(Cn1ccc2ccc(Cl)cc21)NS(=O)(=O)CC(F)(F)F. The van der Waals surface area contributed by atoms with E-state index in [9.17, 15) is 26.4 Å². The van der Waals surface area contributed by atoms with Gasteiger partial charge in [-0.1, -0.05) is 17.7 Å². The van der Waals surface area contributed by atoms with Crippen LogP contribution in [-0.2, 0) is 21.4 Å². The highest BCUT2D eigenvalue weighted by molar-refractivity contribution is 7.90. The van der Waals surface area contributed by atoms with Gasteiger partial charge in [0.15, 0.2) is 5.75 Å². The molecule has 0 unspecified atom stereocenters. The summed E-state index contributed by atoms with van der Waals surface area (Å²) < 4.78 is 61.5. The molecule has 5 nitrogen and oxygen atoms in total. The molecule has 0 atom stereocenters. The first-order chi connectivity index (χ1) is 10.1. The minimum absolute atomic E-state index is 0.414. The van der Waals surface area contributed by atoms with E-state index in [4.69, 9.17) is 11.6 Å². The van der Waals surface area contributed by atoms with Gasteiger partial charge in [-0.05, 0) is 23.6 Å². The first-order valence-corrected chi connectivity index (χ1v) is 7.93. The molecule has 22 heavy (non-hydrogen) atoms. The lowest BCUT2D eigenvalue weighted by molar-refractivity contribution is -0.120. The van der Waals surface area contributed by atoms with E-state index in [1.54, 1.807) is 24.3 Å². The van der Waals surface area contributed by atoms with Crippen molar-refractivity contribution in [2.75, 3.05) is 5.75 Å². The van der Waals surface area contributed by atoms with E-state index in [-0.39, 0.29) is 0 Å². The van der Waals surface area contributed by atoms with Crippen LogP contribution in [-0.4, -0.2) is 30.8 Å². The second kappa shape index (κ2) is 5.81. The number of hydrogen-bond donors (Lipinski definition) is 1. The molecule has 2 rings (SSSR count). The maximum atomic E-state index is 12.1. The smallest absolute Gasteiger partial charge is 0.338 e. The molecule has 0 aliphatic rings. The van der Waals surface area contributed by atoms with Gasteiger partial charge in [0.1, 0.15) is 6.54 Å². The predicted octanol–water partition coefficient (Wildman–Crippen LogP) is 2.30. The molecule has 0 aliphatic heterocycles. The number of amides is 1. The fourth-order valence-electron chi connectivity index (χ4n) is 1.91. The molecule has 2 aromatic rings. The van der Waals surface area contributed by atoms with E-state index in [0.29, 0.717) is 10.5 Å². The van der Waals surface area contributed by atoms with Crippen molar-refractivity contribution < 1.29 is 26.4 Å². The zero-order chi connectivity index (χ0) is 16.5. The topological polar surface area (TPSA) is 68.2 Å². The summed E-state index contributed by atoms with van der Waals surface area (Å²) >= 11 is 5.83. The maximum absolute atomic E-state index is 12.1. The number of benzene rings is 1. The Labute approximate surface area is 128 Å². The minimum Gasteiger partial charge on any atom is -0.338 e. The van der Waals surface area contributed by atoms with Gasteiger partial charge >= 0.3 is 6.18 Å². The van der Waals surface area contributed by atoms with Gasteiger partial charge in [0.2, 0.25) is 10.0 Å². The monoisotopic (exact) mass is 354 g/mol. The summed E-state index contributed by atoms with van der Waals surface area (Å²) in [5.74, 6) is -3.17. The van der Waals surface area contributed by atoms with Crippen LogP contribution >= 0.6 is 11.6 Å². The summed E-state index contributed by atoms with van der Waals surface area (Å²) in [5, 5.41) is 1.17. The summed E-state index contributed by atoms with van der Waals surface area (Å²) in [6.45, 7) is -0.444. The maximum Gasteiger partial charge on any atom is 0.404 e. The number of sulfonamides is 1. The van der Waals surface area contributed by atoms with Crippen LogP contribution in [0, 0.1) is 0 Å². The van der Waals surface area contributed by atoms with Gasteiger partial charge < -0.3 is 4.57 Å². The van der Waals surface area contributed by atoms with Gasteiger partial charge in [-0.2, -0.15) is 13.2 Å². The van der Waals surface area contributed by atoms with E-state index < -0.39 is 34.4 Å². The molecule has 1 aromatic heterocycles. The van der Waals surface area contributed by atoms with Gasteiger partial charge in [0, 0.05) is 16.7 Å². The average molecular weight is 355 g/mol. The first-order valence-electron chi connectivity index (χ1n) is 5.90. The quantitative estimate of drug-likeness (QED) is 0.916. The van der Waals surface area contributed by atoms with Crippen LogP contribution in [0.5, 0.6) is 0 Å². The van der Waals surface area contributed by atoms with Crippen molar-refractivity contribution in [3.63, 3.8) is 0 Å². The van der Waals surface area contributed by atoms with Crippen LogP contribution in [0.2, 0.25) is 5.02 Å². The zero-order valence-electron chi connectivity index (χ0n) is 10.9. The molecule has 10 heteroatoms. The number of aromatic nitrogens is 1. The van der Waals surface area contributed by atoms with Crippen LogP contribution in [0.15, 0.2) is 30.5 Å². The van der Waals surface area contributed by atoms with E-state index in [1.165, 1.54) is 15.5 Å². The molecule has 1 amide bonds. The molecule has 0 saturated carbocycles. The van der Waals surface area contributed by atoms with Crippen LogP contribution in [0.4, 0.5) is 13.2 Å². The summed E-state index contributed by atoms with van der Waals surface area (Å²) in [6.07, 6.45) is -3.41. The molecule has 0 aliphatic carbocycles. The minimum atomic E-state index is -4.92. The molecule has 0 fully saturated rings. The summed E-state index contributed by atoms with van der Waals surface area (Å²) in [4.78, 5) is 11.6. The summed E-state index contributed by atoms with van der Waals surface area (Å²) in [7, 11) is -4.77. The predicted molar refractivity (Wildman–Crippen MR) is 74.9 cm³/mol. The van der Waals surface area contributed by atoms with E-state index >= 15 is 0 Å². The number of carbonyl (C=O) groups is 1. The summed E-state index contributed by atoms with van der Waals surface area (Å²) in [5.41, 5.74) is 0.566. The van der Waals surface area contributed by atoms with Gasteiger partial charge in [-0.3, -0.25) is 9.52 Å². The Morgan fingerprint density at radius 1 is 1.27 bits per heavy atom. The number of alkyl halides is 3. The van der Waals surface area contributed by atoms with Crippen molar-refractivity contribution in [3.05, 3.63) is 35.5 Å². The second-order valence-corrected chi connectivity index (χ2v) is 6.71. The zero-order valence-corrected chi connectivity index (χ0v) is 12.5. The molecule has 120 valence electrons. The number of fused-ring (bicyclic) bond motifs is 1. The molecule has 1 N–H and O–H groups in total. The van der Waals surface area contributed by atoms with Crippen LogP contribution in [0.3, 0.4) is 0 Å². The number of rotatable bonds is 4. The molecular weight excluding hydrogens is 345 g/mol. The largest absolute Gasteiger partial charge is 0.404 e.